The molecule has 5 nitrogen and oxygen atoms in total. The number of H-pyrrole nitrogens is 1. The Morgan fingerprint density at radius 3 is 2.84 bits per heavy atom. The van der Waals surface area contributed by atoms with Crippen molar-refractivity contribution in [1.82, 2.24) is 14.9 Å². The Labute approximate surface area is 147 Å². The van der Waals surface area contributed by atoms with Crippen LogP contribution in [0.15, 0.2) is 42.6 Å². The first kappa shape index (κ1) is 15.7. The number of nitrogens with zero attached hydrogens (tertiary/aromatic N) is 2. The Morgan fingerprint density at radius 1 is 1.24 bits per heavy atom. The smallest absolute Gasteiger partial charge is 0.255 e. The standard InChI is InChI=1S/C20H22N4O/c1-13(2)22-19-8-7-14(11-21-19)20(25)24-10-9-18-16(12-24)15-5-3-4-6-17(15)23-18/h3-8,11,13,23H,9-10,12H2,1-2H3,(H,21,22). The SMILES string of the molecule is CC(C)Nc1ccc(C(=O)N2CCc3[nH]c4ccccc4c3C2)cn1. The van der Waals surface area contributed by atoms with Gasteiger partial charge < -0.3 is 15.2 Å². The summed E-state index contributed by atoms with van der Waals surface area (Å²) in [4.78, 5) is 22.6. The fraction of sp³-hybridized carbons (Fsp3) is 0.300. The normalized spacial score (nSPS) is 14.0. The van der Waals surface area contributed by atoms with E-state index in [2.05, 4.69) is 41.3 Å². The van der Waals surface area contributed by atoms with E-state index in [-0.39, 0.29) is 5.91 Å². The first-order chi connectivity index (χ1) is 12.1. The number of aromatic nitrogens is 2. The molecule has 25 heavy (non-hydrogen) atoms. The fourth-order valence-corrected chi connectivity index (χ4v) is 3.42. The van der Waals surface area contributed by atoms with Gasteiger partial charge in [0.25, 0.3) is 5.91 Å². The molecule has 0 aliphatic carbocycles. The maximum Gasteiger partial charge on any atom is 0.255 e. The summed E-state index contributed by atoms with van der Waals surface area (Å²) in [6.07, 6.45) is 2.52. The number of fused-ring (bicyclic) bond motifs is 3. The van der Waals surface area contributed by atoms with E-state index in [0.29, 0.717) is 18.2 Å². The van der Waals surface area contributed by atoms with Crippen LogP contribution in [-0.2, 0) is 13.0 Å². The number of amides is 1. The minimum atomic E-state index is 0.0412. The zero-order valence-corrected chi connectivity index (χ0v) is 14.5. The maximum absolute atomic E-state index is 12.9. The van der Waals surface area contributed by atoms with Crippen LogP contribution in [-0.4, -0.2) is 33.4 Å². The third kappa shape index (κ3) is 2.97. The number of hydrogen-bond donors (Lipinski definition) is 2. The molecule has 0 radical (unpaired) electrons. The summed E-state index contributed by atoms with van der Waals surface area (Å²) in [5.74, 6) is 0.837. The molecule has 0 saturated carbocycles. The van der Waals surface area contributed by atoms with Gasteiger partial charge in [-0.25, -0.2) is 4.98 Å². The van der Waals surface area contributed by atoms with Crippen LogP contribution in [0.1, 0.15) is 35.5 Å². The van der Waals surface area contributed by atoms with Gasteiger partial charge in [-0.15, -0.1) is 0 Å². The van der Waals surface area contributed by atoms with Gasteiger partial charge in [-0.2, -0.15) is 0 Å². The third-order valence-electron chi connectivity index (χ3n) is 4.62. The molecule has 5 heteroatoms. The van der Waals surface area contributed by atoms with Gasteiger partial charge in [-0.1, -0.05) is 18.2 Å². The number of nitrogens with one attached hydrogen (secondary N) is 2. The van der Waals surface area contributed by atoms with Crippen LogP contribution in [0.25, 0.3) is 10.9 Å². The molecule has 2 aromatic heterocycles. The number of carbonyl (C=O) groups is 1. The lowest BCUT2D eigenvalue weighted by molar-refractivity contribution is 0.0734. The van der Waals surface area contributed by atoms with Gasteiger partial charge in [0.1, 0.15) is 5.82 Å². The summed E-state index contributed by atoms with van der Waals surface area (Å²) in [7, 11) is 0. The first-order valence-electron chi connectivity index (χ1n) is 8.72. The molecule has 4 rings (SSSR count). The molecule has 3 aromatic rings. The van der Waals surface area contributed by atoms with Crippen molar-refractivity contribution in [3.8, 4) is 0 Å². The second-order valence-electron chi connectivity index (χ2n) is 6.84. The minimum Gasteiger partial charge on any atom is -0.368 e. The molecule has 2 N–H and O–H groups in total. The zero-order valence-electron chi connectivity index (χ0n) is 14.5. The van der Waals surface area contributed by atoms with Crippen LogP contribution in [0.3, 0.4) is 0 Å². The van der Waals surface area contributed by atoms with Crippen molar-refractivity contribution in [2.24, 2.45) is 0 Å². The number of anilines is 1. The number of para-hydroxylation sites is 1. The predicted octanol–water partition coefficient (Wildman–Crippen LogP) is 3.58. The molecule has 1 aliphatic heterocycles. The molecule has 0 atom stereocenters. The van der Waals surface area contributed by atoms with E-state index in [1.165, 1.54) is 16.6 Å². The van der Waals surface area contributed by atoms with Gasteiger partial charge in [0.15, 0.2) is 0 Å². The van der Waals surface area contributed by atoms with Crippen molar-refractivity contribution in [3.63, 3.8) is 0 Å². The van der Waals surface area contributed by atoms with Gasteiger partial charge in [0.05, 0.1) is 5.56 Å². The van der Waals surface area contributed by atoms with Crippen molar-refractivity contribution >= 4 is 22.6 Å². The Kier molecular flexibility index (Phi) is 3.92. The van der Waals surface area contributed by atoms with Crippen LogP contribution >= 0.6 is 0 Å². The second kappa shape index (κ2) is 6.24. The number of rotatable bonds is 3. The average Bonchev–Trinajstić information content (AvgIpc) is 2.99. The number of aromatic amines is 1. The largest absolute Gasteiger partial charge is 0.368 e. The zero-order chi connectivity index (χ0) is 17.4. The van der Waals surface area contributed by atoms with E-state index in [9.17, 15) is 4.79 Å². The van der Waals surface area contributed by atoms with Crippen LogP contribution in [0.5, 0.6) is 0 Å². The van der Waals surface area contributed by atoms with E-state index >= 15 is 0 Å². The van der Waals surface area contributed by atoms with E-state index < -0.39 is 0 Å². The van der Waals surface area contributed by atoms with Gasteiger partial charge in [-0.3, -0.25) is 4.79 Å². The van der Waals surface area contributed by atoms with Crippen molar-refractivity contribution in [2.75, 3.05) is 11.9 Å². The maximum atomic E-state index is 12.9. The van der Waals surface area contributed by atoms with Crippen molar-refractivity contribution in [2.45, 2.75) is 32.9 Å². The van der Waals surface area contributed by atoms with Crippen LogP contribution in [0.4, 0.5) is 5.82 Å². The highest BCUT2D eigenvalue weighted by molar-refractivity contribution is 5.95. The second-order valence-corrected chi connectivity index (χ2v) is 6.84. The summed E-state index contributed by atoms with van der Waals surface area (Å²) < 4.78 is 0. The number of carbonyl (C=O) groups excluding carboxylic acids is 1. The number of hydrogen-bond acceptors (Lipinski definition) is 3. The Hall–Kier alpha value is -2.82. The summed E-state index contributed by atoms with van der Waals surface area (Å²) in [5.41, 5.74) is 4.27. The summed E-state index contributed by atoms with van der Waals surface area (Å²) >= 11 is 0. The van der Waals surface area contributed by atoms with Crippen LogP contribution in [0.2, 0.25) is 0 Å². The molecule has 0 saturated heterocycles. The van der Waals surface area contributed by atoms with E-state index in [1.54, 1.807) is 6.20 Å². The number of benzene rings is 1. The summed E-state index contributed by atoms with van der Waals surface area (Å²) in [5, 5.41) is 4.45. The molecule has 0 fully saturated rings. The highest BCUT2D eigenvalue weighted by Crippen LogP contribution is 2.28. The molecule has 1 amide bonds. The van der Waals surface area contributed by atoms with E-state index in [1.807, 2.05) is 29.2 Å². The van der Waals surface area contributed by atoms with Gasteiger partial charge in [-0.05, 0) is 32.0 Å². The average molecular weight is 334 g/mol. The van der Waals surface area contributed by atoms with Crippen LogP contribution < -0.4 is 5.32 Å². The first-order valence-corrected chi connectivity index (χ1v) is 8.72. The molecule has 128 valence electrons. The van der Waals surface area contributed by atoms with Crippen molar-refractivity contribution < 1.29 is 4.79 Å². The van der Waals surface area contributed by atoms with Crippen LogP contribution in [0, 0.1) is 0 Å². The molecular weight excluding hydrogens is 312 g/mol. The summed E-state index contributed by atoms with van der Waals surface area (Å²) in [6, 6.07) is 12.3. The predicted molar refractivity (Wildman–Crippen MR) is 99.7 cm³/mol. The van der Waals surface area contributed by atoms with E-state index in [4.69, 9.17) is 0 Å². The lowest BCUT2D eigenvalue weighted by atomic mass is 10.0. The van der Waals surface area contributed by atoms with Gasteiger partial charge in [0.2, 0.25) is 0 Å². The molecule has 3 heterocycles. The Balaban J connectivity index is 1.55. The number of pyridine rings is 1. The topological polar surface area (TPSA) is 61.0 Å². The quantitative estimate of drug-likeness (QED) is 0.769. The monoisotopic (exact) mass is 334 g/mol. The summed E-state index contributed by atoms with van der Waals surface area (Å²) in [6.45, 7) is 5.50. The third-order valence-corrected chi connectivity index (χ3v) is 4.62. The molecule has 0 unspecified atom stereocenters. The lowest BCUT2D eigenvalue weighted by Crippen LogP contribution is -2.35. The van der Waals surface area contributed by atoms with Crippen molar-refractivity contribution in [3.05, 3.63) is 59.4 Å². The highest BCUT2D eigenvalue weighted by Gasteiger charge is 2.24. The van der Waals surface area contributed by atoms with E-state index in [0.717, 1.165) is 24.3 Å². The molecule has 1 aliphatic rings. The molecule has 1 aromatic carbocycles. The molecule has 0 bridgehead atoms. The van der Waals surface area contributed by atoms with Gasteiger partial charge in [0, 0.05) is 53.9 Å². The highest BCUT2D eigenvalue weighted by atomic mass is 16.2. The Morgan fingerprint density at radius 2 is 2.08 bits per heavy atom. The molecule has 0 spiro atoms. The molecular formula is C20H22N4O. The fourth-order valence-electron chi connectivity index (χ4n) is 3.42. The van der Waals surface area contributed by atoms with Crippen molar-refractivity contribution in [1.29, 1.82) is 0 Å². The Bertz CT molecular complexity index is 911. The van der Waals surface area contributed by atoms with Gasteiger partial charge >= 0.3 is 0 Å². The lowest BCUT2D eigenvalue weighted by Gasteiger charge is -2.27. The minimum absolute atomic E-state index is 0.0412.